The Hall–Kier alpha value is -2.67. The lowest BCUT2D eigenvalue weighted by molar-refractivity contribution is -0.528. The Labute approximate surface area is 275 Å². The molecule has 0 fully saturated rings. The third kappa shape index (κ3) is 8.99. The lowest BCUT2D eigenvalue weighted by Gasteiger charge is -2.25. The van der Waals surface area contributed by atoms with E-state index in [1.54, 1.807) is 0 Å². The molecule has 0 aliphatic heterocycles. The van der Waals surface area contributed by atoms with Crippen LogP contribution in [0.3, 0.4) is 0 Å². The van der Waals surface area contributed by atoms with Crippen molar-refractivity contribution in [3.8, 4) is 0 Å². The van der Waals surface area contributed by atoms with Crippen molar-refractivity contribution in [3.63, 3.8) is 0 Å². The van der Waals surface area contributed by atoms with Gasteiger partial charge in [0.05, 0.1) is 5.56 Å². The van der Waals surface area contributed by atoms with Crippen LogP contribution in [-0.2, 0) is 0 Å². The fourth-order valence-corrected chi connectivity index (χ4v) is 8.00. The van der Waals surface area contributed by atoms with Gasteiger partial charge in [-0.15, -0.1) is 0 Å². The Bertz CT molecular complexity index is 1450. The maximum Gasteiger partial charge on any atom is 0.207 e. The first-order chi connectivity index (χ1) is 22.3. The number of allylic oxidation sites excluding steroid dienone is 4. The van der Waals surface area contributed by atoms with Crippen LogP contribution in [0.5, 0.6) is 0 Å². The summed E-state index contributed by atoms with van der Waals surface area (Å²) in [5, 5.41) is 7.13. The van der Waals surface area contributed by atoms with Crippen LogP contribution in [0.1, 0.15) is 159 Å². The second-order valence-electron chi connectivity index (χ2n) is 14.1. The number of hydrogen-bond acceptors (Lipinski definition) is 0. The summed E-state index contributed by atoms with van der Waals surface area (Å²) in [7, 11) is 0. The second kappa shape index (κ2) is 18.5. The maximum absolute atomic E-state index is 2.80. The molecule has 0 N–H and O–H groups in total. The molecule has 0 saturated carbocycles. The van der Waals surface area contributed by atoms with Gasteiger partial charge in [-0.25, -0.2) is 4.58 Å². The highest BCUT2D eigenvalue weighted by atomic mass is 15.0. The van der Waals surface area contributed by atoms with E-state index >= 15 is 0 Å². The van der Waals surface area contributed by atoms with Crippen LogP contribution in [0.2, 0.25) is 0 Å². The number of hydrogen-bond donors (Lipinski definition) is 0. The van der Waals surface area contributed by atoms with Crippen molar-refractivity contribution in [3.05, 3.63) is 77.0 Å². The van der Waals surface area contributed by atoms with Crippen molar-refractivity contribution >= 4 is 33.3 Å². The molecular formula is C44H62N+. The first kappa shape index (κ1) is 33.7. The largest absolute Gasteiger partial charge is 0.229 e. The fraction of sp³-hybridized carbons (Fsp3) is 0.568. The quantitative estimate of drug-likeness (QED) is 0.0792. The van der Waals surface area contributed by atoms with E-state index in [1.807, 2.05) is 0 Å². The van der Waals surface area contributed by atoms with Crippen LogP contribution in [0.25, 0.3) is 27.6 Å². The van der Waals surface area contributed by atoms with Crippen molar-refractivity contribution in [2.75, 3.05) is 13.1 Å². The minimum absolute atomic E-state index is 0.379. The summed E-state index contributed by atoms with van der Waals surface area (Å²) in [4.78, 5) is 0. The normalized spacial score (nSPS) is 15.2. The predicted molar refractivity (Wildman–Crippen MR) is 200 cm³/mol. The smallest absolute Gasteiger partial charge is 0.207 e. The molecule has 3 aromatic carbocycles. The Morgan fingerprint density at radius 3 is 1.62 bits per heavy atom. The Morgan fingerprint density at radius 2 is 1.07 bits per heavy atom. The van der Waals surface area contributed by atoms with Crippen LogP contribution in [0.15, 0.2) is 60.7 Å². The molecule has 242 valence electrons. The number of unbranched alkanes of at least 4 members (excludes halogenated alkanes) is 18. The third-order valence-electron chi connectivity index (χ3n) is 10.6. The molecule has 3 aromatic rings. The second-order valence-corrected chi connectivity index (χ2v) is 14.1. The van der Waals surface area contributed by atoms with E-state index in [0.29, 0.717) is 5.92 Å². The van der Waals surface area contributed by atoms with E-state index < -0.39 is 0 Å². The van der Waals surface area contributed by atoms with E-state index in [1.165, 1.54) is 185 Å². The highest BCUT2D eigenvalue weighted by molar-refractivity contribution is 6.23. The van der Waals surface area contributed by atoms with Crippen molar-refractivity contribution < 1.29 is 4.58 Å². The average molecular weight is 605 g/mol. The highest BCUT2D eigenvalue weighted by Crippen LogP contribution is 2.37. The Kier molecular flexibility index (Phi) is 13.8. The van der Waals surface area contributed by atoms with Crippen LogP contribution in [-0.4, -0.2) is 23.4 Å². The lowest BCUT2D eigenvalue weighted by atomic mass is 9.78. The van der Waals surface area contributed by atoms with Crippen LogP contribution >= 0.6 is 0 Å². The fourth-order valence-electron chi connectivity index (χ4n) is 8.00. The predicted octanol–water partition coefficient (Wildman–Crippen LogP) is 12.4. The molecular weight excluding hydrogens is 542 g/mol. The molecule has 1 nitrogen and oxygen atoms in total. The SMILES string of the molecule is CCCCCCCCCCCC[N+](CCCCCCCCCCCC)=C1C=CC2C=CC=c3c2c1c1cccc2cccc3c21. The number of fused-ring (bicyclic) bond motifs is 2. The molecule has 5 rings (SSSR count). The molecule has 1 atom stereocenters. The monoisotopic (exact) mass is 604 g/mol. The van der Waals surface area contributed by atoms with Gasteiger partial charge in [-0.3, -0.25) is 0 Å². The minimum atomic E-state index is 0.379. The standard InChI is InChI=1S/C44H62N/c1-3-5-7-9-11-13-15-17-19-21-34-45(35-22-20-18-16-14-12-10-8-6-4-2)41-33-32-37-28-24-30-39-38-29-23-26-36-27-25-31-40(42(36)38)44(41)43(37)39/h23-33,37H,3-22,34-35H2,1-2H3/q+1. The van der Waals surface area contributed by atoms with Gasteiger partial charge in [0.15, 0.2) is 0 Å². The molecule has 1 heteroatoms. The first-order valence-corrected chi connectivity index (χ1v) is 19.3. The first-order valence-electron chi connectivity index (χ1n) is 19.3. The van der Waals surface area contributed by atoms with Gasteiger partial charge in [-0.2, -0.15) is 0 Å². The zero-order chi connectivity index (χ0) is 31.1. The highest BCUT2D eigenvalue weighted by Gasteiger charge is 2.30. The van der Waals surface area contributed by atoms with Crippen LogP contribution in [0, 0.1) is 0 Å². The topological polar surface area (TPSA) is 3.01 Å². The Morgan fingerprint density at radius 1 is 0.556 bits per heavy atom. The zero-order valence-corrected chi connectivity index (χ0v) is 28.9. The van der Waals surface area contributed by atoms with Crippen LogP contribution in [0.4, 0.5) is 0 Å². The van der Waals surface area contributed by atoms with E-state index in [-0.39, 0.29) is 0 Å². The van der Waals surface area contributed by atoms with Crippen molar-refractivity contribution in [1.82, 2.24) is 0 Å². The zero-order valence-electron chi connectivity index (χ0n) is 28.9. The molecule has 0 heterocycles. The van der Waals surface area contributed by atoms with Crippen molar-refractivity contribution in [2.24, 2.45) is 0 Å². The molecule has 0 saturated heterocycles. The molecule has 2 aliphatic rings. The van der Waals surface area contributed by atoms with Gasteiger partial charge in [0.2, 0.25) is 5.71 Å². The van der Waals surface area contributed by atoms with E-state index in [2.05, 4.69) is 85.2 Å². The molecule has 1 unspecified atom stereocenters. The van der Waals surface area contributed by atoms with Gasteiger partial charge in [-0.1, -0.05) is 177 Å². The minimum Gasteiger partial charge on any atom is -0.229 e. The van der Waals surface area contributed by atoms with Gasteiger partial charge in [-0.05, 0) is 45.2 Å². The third-order valence-corrected chi connectivity index (χ3v) is 10.6. The van der Waals surface area contributed by atoms with Gasteiger partial charge >= 0.3 is 0 Å². The lowest BCUT2D eigenvalue weighted by Crippen LogP contribution is -2.30. The van der Waals surface area contributed by atoms with Crippen molar-refractivity contribution in [1.29, 1.82) is 0 Å². The molecule has 0 bridgehead atoms. The molecule has 0 spiro atoms. The van der Waals surface area contributed by atoms with Gasteiger partial charge in [0, 0.05) is 24.8 Å². The Balaban J connectivity index is 1.31. The number of rotatable bonds is 22. The molecule has 2 aliphatic carbocycles. The number of benzene rings is 3. The van der Waals surface area contributed by atoms with E-state index in [9.17, 15) is 0 Å². The molecule has 45 heavy (non-hydrogen) atoms. The van der Waals surface area contributed by atoms with Crippen molar-refractivity contribution in [2.45, 2.75) is 148 Å². The van der Waals surface area contributed by atoms with E-state index in [4.69, 9.17) is 0 Å². The molecule has 0 radical (unpaired) electrons. The number of nitrogens with zero attached hydrogens (tertiary/aromatic N) is 1. The maximum atomic E-state index is 2.80. The summed E-state index contributed by atoms with van der Waals surface area (Å²) in [6.07, 6.45) is 40.0. The average Bonchev–Trinajstić information content (AvgIpc) is 3.07. The molecule has 0 amide bonds. The van der Waals surface area contributed by atoms with Crippen LogP contribution < -0.4 is 5.22 Å². The summed E-state index contributed by atoms with van der Waals surface area (Å²) in [6, 6.07) is 13.9. The summed E-state index contributed by atoms with van der Waals surface area (Å²) in [6.45, 7) is 6.99. The summed E-state index contributed by atoms with van der Waals surface area (Å²) < 4.78 is 2.80. The van der Waals surface area contributed by atoms with Gasteiger partial charge in [0.1, 0.15) is 13.1 Å². The van der Waals surface area contributed by atoms with Gasteiger partial charge < -0.3 is 0 Å². The summed E-state index contributed by atoms with van der Waals surface area (Å²) in [5.74, 6) is 0.379. The summed E-state index contributed by atoms with van der Waals surface area (Å²) in [5.41, 5.74) is 4.54. The summed E-state index contributed by atoms with van der Waals surface area (Å²) >= 11 is 0. The van der Waals surface area contributed by atoms with E-state index in [0.717, 1.165) is 0 Å². The van der Waals surface area contributed by atoms with Gasteiger partial charge in [0.25, 0.3) is 0 Å². The molecule has 0 aromatic heterocycles.